The van der Waals surface area contributed by atoms with Crippen molar-refractivity contribution < 1.29 is 23.8 Å². The number of furan rings is 1. The Kier molecular flexibility index (Phi) is 5.98. The van der Waals surface area contributed by atoms with Crippen LogP contribution in [0.5, 0.6) is 0 Å². The number of piperidine rings is 1. The van der Waals surface area contributed by atoms with Gasteiger partial charge in [-0.3, -0.25) is 9.59 Å². The Balaban J connectivity index is 1.64. The fraction of sp³-hybridized carbons (Fsp3) is 0.684. The number of aryl methyl sites for hydroxylation is 2. The van der Waals surface area contributed by atoms with E-state index < -0.39 is 0 Å². The van der Waals surface area contributed by atoms with Crippen LogP contribution in [0.1, 0.15) is 41.1 Å². The van der Waals surface area contributed by atoms with E-state index in [9.17, 15) is 14.7 Å². The Morgan fingerprint density at radius 1 is 1.23 bits per heavy atom. The summed E-state index contributed by atoms with van der Waals surface area (Å²) in [5.41, 5.74) is 0.561. The maximum atomic E-state index is 12.9. The second-order valence-electron chi connectivity index (χ2n) is 7.27. The Morgan fingerprint density at radius 2 is 1.96 bits per heavy atom. The lowest BCUT2D eigenvalue weighted by atomic mass is 9.97. The number of aliphatic hydroxyl groups excluding tert-OH is 1. The zero-order chi connectivity index (χ0) is 18.7. The van der Waals surface area contributed by atoms with Gasteiger partial charge >= 0.3 is 0 Å². The Hall–Kier alpha value is -1.86. The van der Waals surface area contributed by atoms with Gasteiger partial charge in [0.2, 0.25) is 5.91 Å². The van der Waals surface area contributed by atoms with E-state index in [-0.39, 0.29) is 30.9 Å². The third kappa shape index (κ3) is 4.10. The van der Waals surface area contributed by atoms with Gasteiger partial charge in [-0.15, -0.1) is 0 Å². The summed E-state index contributed by atoms with van der Waals surface area (Å²) in [4.78, 5) is 29.2. The minimum Gasteiger partial charge on any atom is -0.466 e. The van der Waals surface area contributed by atoms with Gasteiger partial charge in [0.05, 0.1) is 24.8 Å². The van der Waals surface area contributed by atoms with Crippen LogP contribution in [-0.4, -0.2) is 72.2 Å². The van der Waals surface area contributed by atoms with Gasteiger partial charge in [-0.05, 0) is 38.7 Å². The number of likely N-dealkylation sites (tertiary alicyclic amines) is 1. The summed E-state index contributed by atoms with van der Waals surface area (Å²) in [5, 5.41) is 9.23. The van der Waals surface area contributed by atoms with Gasteiger partial charge in [0.1, 0.15) is 11.5 Å². The first kappa shape index (κ1) is 18.9. The molecule has 26 heavy (non-hydrogen) atoms. The van der Waals surface area contributed by atoms with Gasteiger partial charge in [-0.2, -0.15) is 0 Å². The van der Waals surface area contributed by atoms with E-state index >= 15 is 0 Å². The standard InChI is InChI=1S/C19H28N2O5/c1-13-9-17(14(2)26-13)19(24)21-7-8-25-12-16(21)10-18(23)20-5-3-15(11-22)4-6-20/h9,15-16,22H,3-8,10-12H2,1-2H3/t16-/m0/s1. The topological polar surface area (TPSA) is 83.2 Å². The number of rotatable bonds is 4. The van der Waals surface area contributed by atoms with Crippen LogP contribution in [0.4, 0.5) is 0 Å². The van der Waals surface area contributed by atoms with E-state index in [4.69, 9.17) is 9.15 Å². The number of nitrogens with zero attached hydrogens (tertiary/aromatic N) is 2. The zero-order valence-electron chi connectivity index (χ0n) is 15.6. The van der Waals surface area contributed by atoms with E-state index in [1.54, 1.807) is 17.9 Å². The molecule has 1 atom stereocenters. The lowest BCUT2D eigenvalue weighted by Gasteiger charge is -2.37. The highest BCUT2D eigenvalue weighted by molar-refractivity contribution is 5.96. The minimum atomic E-state index is -0.256. The predicted molar refractivity (Wildman–Crippen MR) is 94.8 cm³/mol. The molecule has 0 saturated carbocycles. The largest absolute Gasteiger partial charge is 0.466 e. The van der Waals surface area contributed by atoms with Gasteiger partial charge in [0, 0.05) is 32.7 Å². The van der Waals surface area contributed by atoms with Gasteiger partial charge in [0.25, 0.3) is 5.91 Å². The first-order valence-corrected chi connectivity index (χ1v) is 9.34. The van der Waals surface area contributed by atoms with Crippen LogP contribution in [0.2, 0.25) is 0 Å². The highest BCUT2D eigenvalue weighted by Crippen LogP contribution is 2.22. The van der Waals surface area contributed by atoms with Crippen molar-refractivity contribution in [3.05, 3.63) is 23.2 Å². The van der Waals surface area contributed by atoms with Crippen molar-refractivity contribution in [3.8, 4) is 0 Å². The molecule has 1 N–H and O–H groups in total. The first-order chi connectivity index (χ1) is 12.5. The molecule has 2 saturated heterocycles. The molecule has 0 unspecified atom stereocenters. The minimum absolute atomic E-state index is 0.0507. The molecule has 3 rings (SSSR count). The molecule has 2 amide bonds. The Labute approximate surface area is 153 Å². The fourth-order valence-electron chi connectivity index (χ4n) is 3.78. The molecule has 0 aromatic carbocycles. The third-order valence-electron chi connectivity index (χ3n) is 5.40. The molecule has 7 nitrogen and oxygen atoms in total. The van der Waals surface area contributed by atoms with E-state index in [1.165, 1.54) is 0 Å². The normalized spacial score (nSPS) is 21.9. The number of morpholine rings is 1. The van der Waals surface area contributed by atoms with E-state index in [1.807, 2.05) is 11.8 Å². The molecule has 7 heteroatoms. The molecule has 144 valence electrons. The van der Waals surface area contributed by atoms with Gasteiger partial charge in [-0.25, -0.2) is 0 Å². The van der Waals surface area contributed by atoms with Crippen LogP contribution < -0.4 is 0 Å². The summed E-state index contributed by atoms with van der Waals surface area (Å²) in [7, 11) is 0. The molecule has 2 fully saturated rings. The van der Waals surface area contributed by atoms with E-state index in [0.717, 1.165) is 12.8 Å². The van der Waals surface area contributed by atoms with Crippen molar-refractivity contribution in [2.24, 2.45) is 5.92 Å². The maximum absolute atomic E-state index is 12.9. The molecular formula is C19H28N2O5. The number of aliphatic hydroxyl groups is 1. The molecule has 1 aromatic rings. The van der Waals surface area contributed by atoms with Crippen molar-refractivity contribution in [2.45, 2.75) is 39.2 Å². The van der Waals surface area contributed by atoms with Crippen molar-refractivity contribution in [2.75, 3.05) is 39.5 Å². The number of hydrogen-bond acceptors (Lipinski definition) is 5. The highest BCUT2D eigenvalue weighted by atomic mass is 16.5. The molecule has 0 spiro atoms. The summed E-state index contributed by atoms with van der Waals surface area (Å²) < 4.78 is 11.0. The van der Waals surface area contributed by atoms with E-state index in [2.05, 4.69) is 0 Å². The van der Waals surface area contributed by atoms with E-state index in [0.29, 0.717) is 55.8 Å². The van der Waals surface area contributed by atoms with Crippen LogP contribution in [0.3, 0.4) is 0 Å². The summed E-state index contributed by atoms with van der Waals surface area (Å²) in [5.74, 6) is 1.56. The second-order valence-corrected chi connectivity index (χ2v) is 7.27. The summed E-state index contributed by atoms with van der Waals surface area (Å²) >= 11 is 0. The molecule has 2 aliphatic heterocycles. The van der Waals surface area contributed by atoms with Gasteiger partial charge in [0.15, 0.2) is 0 Å². The SMILES string of the molecule is Cc1cc(C(=O)N2CCOC[C@@H]2CC(=O)N2CCC(CO)CC2)c(C)o1. The molecule has 3 heterocycles. The van der Waals surface area contributed by atoms with Crippen LogP contribution in [-0.2, 0) is 9.53 Å². The van der Waals surface area contributed by atoms with Crippen LogP contribution in [0, 0.1) is 19.8 Å². The fourth-order valence-corrected chi connectivity index (χ4v) is 3.78. The number of carbonyl (C=O) groups is 2. The molecular weight excluding hydrogens is 336 g/mol. The van der Waals surface area contributed by atoms with Crippen LogP contribution in [0.15, 0.2) is 10.5 Å². The zero-order valence-corrected chi connectivity index (χ0v) is 15.6. The summed E-state index contributed by atoms with van der Waals surface area (Å²) in [6.07, 6.45) is 1.94. The number of carbonyl (C=O) groups excluding carboxylic acids is 2. The molecule has 0 aliphatic carbocycles. The summed E-state index contributed by atoms with van der Waals surface area (Å²) in [6.45, 7) is 6.47. The lowest BCUT2D eigenvalue weighted by molar-refractivity contribution is -0.135. The molecule has 0 bridgehead atoms. The highest BCUT2D eigenvalue weighted by Gasteiger charge is 2.33. The maximum Gasteiger partial charge on any atom is 0.257 e. The van der Waals surface area contributed by atoms with Crippen molar-refractivity contribution >= 4 is 11.8 Å². The average molecular weight is 364 g/mol. The monoisotopic (exact) mass is 364 g/mol. The lowest BCUT2D eigenvalue weighted by Crippen LogP contribution is -2.51. The Morgan fingerprint density at radius 3 is 2.58 bits per heavy atom. The smallest absolute Gasteiger partial charge is 0.257 e. The van der Waals surface area contributed by atoms with Crippen LogP contribution in [0.25, 0.3) is 0 Å². The average Bonchev–Trinajstić information content (AvgIpc) is 3.00. The van der Waals surface area contributed by atoms with Crippen molar-refractivity contribution in [1.82, 2.24) is 9.80 Å². The molecule has 0 radical (unpaired) electrons. The Bertz CT molecular complexity index is 648. The van der Waals surface area contributed by atoms with Gasteiger partial charge < -0.3 is 24.1 Å². The second kappa shape index (κ2) is 8.22. The summed E-state index contributed by atoms with van der Waals surface area (Å²) in [6, 6.07) is 1.50. The molecule has 1 aromatic heterocycles. The predicted octanol–water partition coefficient (Wildman–Crippen LogP) is 1.36. The quantitative estimate of drug-likeness (QED) is 0.872. The number of hydrogen-bond donors (Lipinski definition) is 1. The number of ether oxygens (including phenoxy) is 1. The number of amides is 2. The molecule has 2 aliphatic rings. The van der Waals surface area contributed by atoms with Crippen molar-refractivity contribution in [1.29, 1.82) is 0 Å². The third-order valence-corrected chi connectivity index (χ3v) is 5.40. The first-order valence-electron chi connectivity index (χ1n) is 9.34. The van der Waals surface area contributed by atoms with Gasteiger partial charge in [-0.1, -0.05) is 0 Å². The van der Waals surface area contributed by atoms with Crippen molar-refractivity contribution in [3.63, 3.8) is 0 Å². The van der Waals surface area contributed by atoms with Crippen LogP contribution >= 0.6 is 0 Å².